The molecule has 1 aliphatic carbocycles. The van der Waals surface area contributed by atoms with Crippen molar-refractivity contribution in [2.45, 2.75) is 31.9 Å². The second-order valence-corrected chi connectivity index (χ2v) is 4.31. The van der Waals surface area contributed by atoms with E-state index in [0.717, 1.165) is 0 Å². The standard InChI is InChI=1S/C10H15F3N2O3/c11-10(12,13)7-3-1-6(2-4-7)9(17)15-18-5-8(14)16/h6-7H,1-5H2,(H2,14,16)(H,15,17). The number of nitrogens with two attached hydrogens (primary N) is 1. The van der Waals surface area contributed by atoms with Crippen LogP contribution in [0.2, 0.25) is 0 Å². The van der Waals surface area contributed by atoms with Gasteiger partial charge in [-0.2, -0.15) is 13.2 Å². The molecule has 0 radical (unpaired) electrons. The number of hydrogen-bond acceptors (Lipinski definition) is 3. The number of alkyl halides is 3. The van der Waals surface area contributed by atoms with E-state index in [0.29, 0.717) is 0 Å². The maximum atomic E-state index is 12.4. The molecule has 8 heteroatoms. The van der Waals surface area contributed by atoms with Crippen LogP contribution >= 0.6 is 0 Å². The van der Waals surface area contributed by atoms with Crippen molar-refractivity contribution in [2.24, 2.45) is 17.6 Å². The fourth-order valence-corrected chi connectivity index (χ4v) is 1.94. The number of hydroxylamine groups is 1. The van der Waals surface area contributed by atoms with Crippen LogP contribution in [0, 0.1) is 11.8 Å². The molecule has 0 aromatic heterocycles. The van der Waals surface area contributed by atoms with Gasteiger partial charge in [-0.1, -0.05) is 0 Å². The Bertz CT molecular complexity index is 312. The summed E-state index contributed by atoms with van der Waals surface area (Å²) in [7, 11) is 0. The van der Waals surface area contributed by atoms with Gasteiger partial charge in [-0.05, 0) is 25.7 Å². The molecule has 3 N–H and O–H groups in total. The second-order valence-electron chi connectivity index (χ2n) is 4.31. The molecule has 104 valence electrons. The molecular weight excluding hydrogens is 253 g/mol. The number of halogens is 3. The van der Waals surface area contributed by atoms with Gasteiger partial charge in [-0.25, -0.2) is 5.48 Å². The summed E-state index contributed by atoms with van der Waals surface area (Å²) in [5.41, 5.74) is 6.80. The van der Waals surface area contributed by atoms with Gasteiger partial charge in [0.25, 0.3) is 0 Å². The Hall–Kier alpha value is -1.31. The first kappa shape index (κ1) is 14.7. The van der Waals surface area contributed by atoms with Gasteiger partial charge in [0, 0.05) is 5.92 Å². The molecular formula is C10H15F3N2O3. The molecule has 2 amide bonds. The summed E-state index contributed by atoms with van der Waals surface area (Å²) in [6.07, 6.45) is -3.98. The van der Waals surface area contributed by atoms with Crippen LogP contribution in [0.25, 0.3) is 0 Å². The van der Waals surface area contributed by atoms with E-state index in [9.17, 15) is 22.8 Å². The van der Waals surface area contributed by atoms with Gasteiger partial charge in [-0.15, -0.1) is 0 Å². The van der Waals surface area contributed by atoms with Crippen molar-refractivity contribution in [3.8, 4) is 0 Å². The topological polar surface area (TPSA) is 81.4 Å². The van der Waals surface area contributed by atoms with Gasteiger partial charge >= 0.3 is 6.18 Å². The molecule has 1 fully saturated rings. The summed E-state index contributed by atoms with van der Waals surface area (Å²) >= 11 is 0. The lowest BCUT2D eigenvalue weighted by Crippen LogP contribution is -2.37. The van der Waals surface area contributed by atoms with Gasteiger partial charge in [0.1, 0.15) is 0 Å². The highest BCUT2D eigenvalue weighted by molar-refractivity contribution is 5.78. The first-order valence-electron chi connectivity index (χ1n) is 5.57. The van der Waals surface area contributed by atoms with E-state index in [1.165, 1.54) is 0 Å². The highest BCUT2D eigenvalue weighted by atomic mass is 19.4. The quantitative estimate of drug-likeness (QED) is 0.743. The molecule has 1 saturated carbocycles. The Balaban J connectivity index is 2.30. The molecule has 1 aliphatic rings. The van der Waals surface area contributed by atoms with Gasteiger partial charge < -0.3 is 5.73 Å². The summed E-state index contributed by atoms with van der Waals surface area (Å²) in [6.45, 7) is -0.455. The average Bonchev–Trinajstić information content (AvgIpc) is 2.27. The van der Waals surface area contributed by atoms with E-state index in [-0.39, 0.29) is 25.7 Å². The second kappa shape index (κ2) is 6.03. The average molecular weight is 268 g/mol. The van der Waals surface area contributed by atoms with Crippen LogP contribution in [0.5, 0.6) is 0 Å². The van der Waals surface area contributed by atoms with Crippen molar-refractivity contribution in [3.05, 3.63) is 0 Å². The van der Waals surface area contributed by atoms with Crippen LogP contribution in [0.15, 0.2) is 0 Å². The predicted octanol–water partition coefficient (Wildman–Crippen LogP) is 0.888. The van der Waals surface area contributed by atoms with Crippen molar-refractivity contribution >= 4 is 11.8 Å². The van der Waals surface area contributed by atoms with E-state index in [4.69, 9.17) is 5.73 Å². The predicted molar refractivity (Wildman–Crippen MR) is 54.8 cm³/mol. The van der Waals surface area contributed by atoms with Gasteiger partial charge in [0.05, 0.1) is 5.92 Å². The van der Waals surface area contributed by atoms with Crippen LogP contribution in [0.1, 0.15) is 25.7 Å². The molecule has 0 aromatic carbocycles. The van der Waals surface area contributed by atoms with E-state index < -0.39 is 36.4 Å². The molecule has 0 spiro atoms. The van der Waals surface area contributed by atoms with Crippen molar-refractivity contribution in [1.82, 2.24) is 5.48 Å². The molecule has 0 aliphatic heterocycles. The number of primary amides is 1. The largest absolute Gasteiger partial charge is 0.391 e. The summed E-state index contributed by atoms with van der Waals surface area (Å²) in [5.74, 6) is -3.07. The third kappa shape index (κ3) is 4.52. The van der Waals surface area contributed by atoms with Crippen LogP contribution in [0.4, 0.5) is 13.2 Å². The molecule has 0 saturated heterocycles. The minimum Gasteiger partial charge on any atom is -0.368 e. The molecule has 0 unspecified atom stereocenters. The molecule has 0 atom stereocenters. The van der Waals surface area contributed by atoms with Gasteiger partial charge in [-0.3, -0.25) is 14.4 Å². The number of rotatable bonds is 4. The Morgan fingerprint density at radius 3 is 2.22 bits per heavy atom. The fraction of sp³-hybridized carbons (Fsp3) is 0.800. The fourth-order valence-electron chi connectivity index (χ4n) is 1.94. The Morgan fingerprint density at radius 1 is 1.22 bits per heavy atom. The monoisotopic (exact) mass is 268 g/mol. The number of hydrogen-bond donors (Lipinski definition) is 2. The summed E-state index contributed by atoms with van der Waals surface area (Å²) in [4.78, 5) is 26.3. The van der Waals surface area contributed by atoms with Crippen molar-refractivity contribution in [3.63, 3.8) is 0 Å². The summed E-state index contributed by atoms with van der Waals surface area (Å²) in [5, 5.41) is 0. The first-order valence-corrected chi connectivity index (χ1v) is 5.57. The van der Waals surface area contributed by atoms with Crippen LogP contribution in [-0.4, -0.2) is 24.6 Å². The van der Waals surface area contributed by atoms with E-state index in [1.807, 2.05) is 5.48 Å². The lowest BCUT2D eigenvalue weighted by atomic mass is 9.81. The molecule has 0 aromatic rings. The lowest BCUT2D eigenvalue weighted by Gasteiger charge is -2.28. The van der Waals surface area contributed by atoms with E-state index in [1.54, 1.807) is 0 Å². The third-order valence-corrected chi connectivity index (χ3v) is 2.95. The normalized spacial score (nSPS) is 24.6. The first-order chi connectivity index (χ1) is 8.30. The number of nitrogens with one attached hydrogen (secondary N) is 1. The van der Waals surface area contributed by atoms with Crippen molar-refractivity contribution in [2.75, 3.05) is 6.61 Å². The zero-order chi connectivity index (χ0) is 13.8. The van der Waals surface area contributed by atoms with E-state index >= 15 is 0 Å². The number of carbonyl (C=O) groups excluding carboxylic acids is 2. The van der Waals surface area contributed by atoms with Gasteiger partial charge in [0.15, 0.2) is 6.61 Å². The van der Waals surface area contributed by atoms with Crippen LogP contribution in [0.3, 0.4) is 0 Å². The smallest absolute Gasteiger partial charge is 0.368 e. The SMILES string of the molecule is NC(=O)CONC(=O)C1CCC(C(F)(F)F)CC1. The number of amides is 2. The lowest BCUT2D eigenvalue weighted by molar-refractivity contribution is -0.185. The zero-order valence-electron chi connectivity index (χ0n) is 9.63. The number of carbonyl (C=O) groups is 2. The highest BCUT2D eigenvalue weighted by Crippen LogP contribution is 2.39. The molecule has 1 rings (SSSR count). The van der Waals surface area contributed by atoms with Gasteiger partial charge in [0.2, 0.25) is 11.8 Å². The zero-order valence-corrected chi connectivity index (χ0v) is 9.63. The van der Waals surface area contributed by atoms with Crippen LogP contribution in [-0.2, 0) is 14.4 Å². The van der Waals surface area contributed by atoms with Crippen molar-refractivity contribution < 1.29 is 27.6 Å². The minimum atomic E-state index is -4.19. The van der Waals surface area contributed by atoms with Crippen LogP contribution < -0.4 is 11.2 Å². The Labute approximate surface area is 102 Å². The Morgan fingerprint density at radius 2 is 1.78 bits per heavy atom. The maximum absolute atomic E-state index is 12.4. The maximum Gasteiger partial charge on any atom is 0.391 e. The Kier molecular flexibility index (Phi) is 4.94. The van der Waals surface area contributed by atoms with E-state index in [2.05, 4.69) is 4.84 Å². The van der Waals surface area contributed by atoms with Crippen molar-refractivity contribution in [1.29, 1.82) is 0 Å². The molecule has 5 nitrogen and oxygen atoms in total. The summed E-state index contributed by atoms with van der Waals surface area (Å²) in [6, 6.07) is 0. The molecule has 0 bridgehead atoms. The molecule has 18 heavy (non-hydrogen) atoms. The molecule has 0 heterocycles. The summed E-state index contributed by atoms with van der Waals surface area (Å²) < 4.78 is 37.2. The minimum absolute atomic E-state index is 0.0581. The third-order valence-electron chi connectivity index (χ3n) is 2.95. The highest BCUT2D eigenvalue weighted by Gasteiger charge is 2.42.